The molecule has 0 amide bonds. The van der Waals surface area contributed by atoms with Gasteiger partial charge >= 0.3 is 0 Å². The first-order chi connectivity index (χ1) is 9.11. The lowest BCUT2D eigenvalue weighted by atomic mass is 10.0. The monoisotopic (exact) mass is 342 g/mol. The second-order valence-corrected chi connectivity index (χ2v) is 7.20. The molecule has 0 radical (unpaired) electrons. The first kappa shape index (κ1) is 14.8. The van der Waals surface area contributed by atoms with Gasteiger partial charge in [0, 0.05) is 23.0 Å². The standard InChI is InChI=1S/C14H19BrN2OS/c1-3-11(16)14(12-4-5-13(15)19-12)17(2)8-10-6-7-18-9-10/h4-7,9,11,14H,3,8,16H2,1-2H3. The SMILES string of the molecule is CCC(N)C(c1ccc(Br)s1)N(C)Cc1ccoc1. The van der Waals surface area contributed by atoms with Crippen molar-refractivity contribution in [3.8, 4) is 0 Å². The molecule has 2 aromatic rings. The molecule has 2 N–H and O–H groups in total. The highest BCUT2D eigenvalue weighted by atomic mass is 79.9. The third-order valence-corrected chi connectivity index (χ3v) is 4.94. The number of hydrogen-bond donors (Lipinski definition) is 1. The van der Waals surface area contributed by atoms with Crippen molar-refractivity contribution in [2.24, 2.45) is 5.73 Å². The Kier molecular flexibility index (Phi) is 5.21. The molecule has 5 heteroatoms. The molecular formula is C14H19BrN2OS. The van der Waals surface area contributed by atoms with Gasteiger partial charge in [-0.3, -0.25) is 4.90 Å². The number of hydrogen-bond acceptors (Lipinski definition) is 4. The van der Waals surface area contributed by atoms with Gasteiger partial charge in [0.25, 0.3) is 0 Å². The second-order valence-electron chi connectivity index (χ2n) is 4.71. The van der Waals surface area contributed by atoms with Gasteiger partial charge in [0.15, 0.2) is 0 Å². The van der Waals surface area contributed by atoms with Crippen LogP contribution in [0.4, 0.5) is 0 Å². The maximum absolute atomic E-state index is 6.31. The van der Waals surface area contributed by atoms with Crippen molar-refractivity contribution >= 4 is 27.3 Å². The quantitative estimate of drug-likeness (QED) is 0.862. The molecule has 0 aliphatic rings. The molecule has 0 bridgehead atoms. The average molecular weight is 343 g/mol. The van der Waals surface area contributed by atoms with Gasteiger partial charge in [-0.1, -0.05) is 6.92 Å². The summed E-state index contributed by atoms with van der Waals surface area (Å²) < 4.78 is 6.27. The summed E-state index contributed by atoms with van der Waals surface area (Å²) in [6, 6.07) is 6.59. The molecule has 19 heavy (non-hydrogen) atoms. The lowest BCUT2D eigenvalue weighted by Crippen LogP contribution is -2.38. The molecule has 3 nitrogen and oxygen atoms in total. The summed E-state index contributed by atoms with van der Waals surface area (Å²) in [7, 11) is 2.11. The van der Waals surface area contributed by atoms with Crippen molar-refractivity contribution in [2.75, 3.05) is 7.05 Å². The molecule has 0 aromatic carbocycles. The van der Waals surface area contributed by atoms with Gasteiger partial charge in [0.2, 0.25) is 0 Å². The maximum atomic E-state index is 6.31. The molecule has 2 unspecified atom stereocenters. The Morgan fingerprint density at radius 3 is 2.74 bits per heavy atom. The number of thiophene rings is 1. The zero-order valence-electron chi connectivity index (χ0n) is 11.2. The third kappa shape index (κ3) is 3.69. The lowest BCUT2D eigenvalue weighted by Gasteiger charge is -2.31. The van der Waals surface area contributed by atoms with Gasteiger partial charge in [0.1, 0.15) is 0 Å². The number of furan rings is 1. The molecule has 2 aromatic heterocycles. The second kappa shape index (κ2) is 6.70. The van der Waals surface area contributed by atoms with Gasteiger partial charge in [-0.25, -0.2) is 0 Å². The molecule has 2 atom stereocenters. The average Bonchev–Trinajstić information content (AvgIpc) is 3.01. The molecule has 104 valence electrons. The molecule has 0 aliphatic carbocycles. The Bertz CT molecular complexity index is 497. The fourth-order valence-corrected chi connectivity index (χ4v) is 3.90. The smallest absolute Gasteiger partial charge is 0.0947 e. The lowest BCUT2D eigenvalue weighted by molar-refractivity contribution is 0.204. The van der Waals surface area contributed by atoms with Crippen LogP contribution in [0.2, 0.25) is 0 Å². The Balaban J connectivity index is 2.17. The first-order valence-corrected chi connectivity index (χ1v) is 7.95. The summed E-state index contributed by atoms with van der Waals surface area (Å²) in [4.78, 5) is 3.59. The van der Waals surface area contributed by atoms with E-state index in [2.05, 4.69) is 46.9 Å². The van der Waals surface area contributed by atoms with Gasteiger partial charge in [0.05, 0.1) is 22.4 Å². The molecule has 2 heterocycles. The van der Waals surface area contributed by atoms with Crippen LogP contribution in [0.3, 0.4) is 0 Å². The number of halogens is 1. The predicted octanol–water partition coefficient (Wildman–Crippen LogP) is 4.01. The van der Waals surface area contributed by atoms with Crippen molar-refractivity contribution < 1.29 is 4.42 Å². The summed E-state index contributed by atoms with van der Waals surface area (Å²) in [5, 5.41) is 0. The third-order valence-electron chi connectivity index (χ3n) is 3.25. The van der Waals surface area contributed by atoms with E-state index in [0.717, 1.165) is 16.8 Å². The Morgan fingerprint density at radius 1 is 1.42 bits per heavy atom. The van der Waals surface area contributed by atoms with Gasteiger partial charge in [-0.15, -0.1) is 11.3 Å². The summed E-state index contributed by atoms with van der Waals surface area (Å²) in [6.45, 7) is 2.97. The molecule has 0 aliphatic heterocycles. The largest absolute Gasteiger partial charge is 0.472 e. The minimum Gasteiger partial charge on any atom is -0.472 e. The van der Waals surface area contributed by atoms with E-state index in [-0.39, 0.29) is 12.1 Å². The molecule has 2 rings (SSSR count). The summed E-state index contributed by atoms with van der Waals surface area (Å²) in [6.07, 6.45) is 4.45. The first-order valence-electron chi connectivity index (χ1n) is 6.34. The predicted molar refractivity (Wildman–Crippen MR) is 83.2 cm³/mol. The number of rotatable bonds is 6. The van der Waals surface area contributed by atoms with Crippen LogP contribution in [-0.4, -0.2) is 18.0 Å². The zero-order chi connectivity index (χ0) is 13.8. The number of nitrogens with two attached hydrogens (primary N) is 1. The zero-order valence-corrected chi connectivity index (χ0v) is 13.6. The fourth-order valence-electron chi connectivity index (χ4n) is 2.23. The number of likely N-dealkylation sites (N-methyl/N-ethyl adjacent to an activating group) is 1. The van der Waals surface area contributed by atoms with E-state index in [4.69, 9.17) is 10.2 Å². The van der Waals surface area contributed by atoms with E-state index in [9.17, 15) is 0 Å². The van der Waals surface area contributed by atoms with Crippen molar-refractivity contribution in [3.63, 3.8) is 0 Å². The summed E-state index contributed by atoms with van der Waals surface area (Å²) in [5.41, 5.74) is 7.49. The highest BCUT2D eigenvalue weighted by Crippen LogP contribution is 2.33. The van der Waals surface area contributed by atoms with Crippen LogP contribution >= 0.6 is 27.3 Å². The molecular weight excluding hydrogens is 324 g/mol. The van der Waals surface area contributed by atoms with E-state index in [1.54, 1.807) is 23.9 Å². The molecule has 0 spiro atoms. The maximum Gasteiger partial charge on any atom is 0.0947 e. The molecule has 0 fully saturated rings. The van der Waals surface area contributed by atoms with E-state index in [1.807, 2.05) is 6.07 Å². The Labute approximate surface area is 126 Å². The van der Waals surface area contributed by atoms with E-state index in [0.29, 0.717) is 0 Å². The van der Waals surface area contributed by atoms with Crippen LogP contribution in [0.5, 0.6) is 0 Å². The minimum atomic E-state index is 0.127. The van der Waals surface area contributed by atoms with E-state index < -0.39 is 0 Å². The molecule has 0 saturated heterocycles. The van der Waals surface area contributed by atoms with Crippen LogP contribution in [-0.2, 0) is 6.54 Å². The van der Waals surface area contributed by atoms with Gasteiger partial charge in [-0.05, 0) is 47.6 Å². The fraction of sp³-hybridized carbons (Fsp3) is 0.429. The van der Waals surface area contributed by atoms with E-state index >= 15 is 0 Å². The van der Waals surface area contributed by atoms with Gasteiger partial charge in [-0.2, -0.15) is 0 Å². The summed E-state index contributed by atoms with van der Waals surface area (Å²) >= 11 is 5.28. The van der Waals surface area contributed by atoms with Crippen molar-refractivity contribution in [1.29, 1.82) is 0 Å². The van der Waals surface area contributed by atoms with Crippen molar-refractivity contribution in [2.45, 2.75) is 32.0 Å². The van der Waals surface area contributed by atoms with Crippen LogP contribution in [0.1, 0.15) is 29.8 Å². The Hall–Kier alpha value is -0.620. The van der Waals surface area contributed by atoms with Crippen LogP contribution < -0.4 is 5.73 Å². The normalized spacial score (nSPS) is 14.8. The van der Waals surface area contributed by atoms with Crippen LogP contribution in [0, 0.1) is 0 Å². The topological polar surface area (TPSA) is 42.4 Å². The summed E-state index contributed by atoms with van der Waals surface area (Å²) in [5.74, 6) is 0. The van der Waals surface area contributed by atoms with E-state index in [1.165, 1.54) is 10.4 Å². The van der Waals surface area contributed by atoms with Crippen LogP contribution in [0.25, 0.3) is 0 Å². The minimum absolute atomic E-state index is 0.127. The van der Waals surface area contributed by atoms with Crippen molar-refractivity contribution in [3.05, 3.63) is 45.0 Å². The van der Waals surface area contributed by atoms with Crippen molar-refractivity contribution in [1.82, 2.24) is 4.90 Å². The van der Waals surface area contributed by atoms with Crippen LogP contribution in [0.15, 0.2) is 38.9 Å². The molecule has 0 saturated carbocycles. The highest BCUT2D eigenvalue weighted by Gasteiger charge is 2.24. The highest BCUT2D eigenvalue weighted by molar-refractivity contribution is 9.11. The Morgan fingerprint density at radius 2 is 2.21 bits per heavy atom. The van der Waals surface area contributed by atoms with Gasteiger partial charge < -0.3 is 10.2 Å². The number of nitrogens with zero attached hydrogens (tertiary/aromatic N) is 1.